The molecule has 0 amide bonds. The fourth-order valence-electron chi connectivity index (χ4n) is 1.60. The zero-order valence-corrected chi connectivity index (χ0v) is 12.5. The SMILES string of the molecule is CCOC(=O)c1ccc(Sc2ccc(N)cc2Cl)cc1. The second kappa shape index (κ2) is 6.68. The number of rotatable bonds is 4. The van der Waals surface area contributed by atoms with Gasteiger partial charge >= 0.3 is 5.97 Å². The minimum absolute atomic E-state index is 0.311. The largest absolute Gasteiger partial charge is 0.462 e. The Bertz CT molecular complexity index is 614. The minimum atomic E-state index is -0.311. The summed E-state index contributed by atoms with van der Waals surface area (Å²) in [5.41, 5.74) is 6.83. The normalized spacial score (nSPS) is 10.3. The molecule has 0 unspecified atom stereocenters. The maximum absolute atomic E-state index is 11.5. The summed E-state index contributed by atoms with van der Waals surface area (Å²) in [6.45, 7) is 2.15. The van der Waals surface area contributed by atoms with E-state index in [0.29, 0.717) is 22.9 Å². The van der Waals surface area contributed by atoms with Crippen molar-refractivity contribution in [2.75, 3.05) is 12.3 Å². The second-order valence-electron chi connectivity index (χ2n) is 4.04. The van der Waals surface area contributed by atoms with Crippen molar-refractivity contribution in [1.82, 2.24) is 0 Å². The lowest BCUT2D eigenvalue weighted by atomic mass is 10.2. The van der Waals surface area contributed by atoms with Crippen LogP contribution in [0.25, 0.3) is 0 Å². The minimum Gasteiger partial charge on any atom is -0.462 e. The molecule has 0 fully saturated rings. The standard InChI is InChI=1S/C15H14ClNO2S/c1-2-19-15(18)10-3-6-12(7-4-10)20-14-8-5-11(17)9-13(14)16/h3-9H,2,17H2,1H3. The van der Waals surface area contributed by atoms with E-state index in [1.807, 2.05) is 18.2 Å². The summed E-state index contributed by atoms with van der Waals surface area (Å²) >= 11 is 7.64. The number of nitrogens with two attached hydrogens (primary N) is 1. The lowest BCUT2D eigenvalue weighted by Crippen LogP contribution is -2.03. The van der Waals surface area contributed by atoms with E-state index in [9.17, 15) is 4.79 Å². The van der Waals surface area contributed by atoms with Crippen LogP contribution in [-0.4, -0.2) is 12.6 Å². The maximum atomic E-state index is 11.5. The lowest BCUT2D eigenvalue weighted by Gasteiger charge is -2.06. The number of hydrogen-bond acceptors (Lipinski definition) is 4. The van der Waals surface area contributed by atoms with E-state index in [1.165, 1.54) is 11.8 Å². The van der Waals surface area contributed by atoms with E-state index in [1.54, 1.807) is 31.2 Å². The zero-order valence-electron chi connectivity index (χ0n) is 10.9. The fourth-order valence-corrected chi connectivity index (χ4v) is 2.72. The molecule has 0 saturated carbocycles. The van der Waals surface area contributed by atoms with Gasteiger partial charge in [0.1, 0.15) is 0 Å². The Morgan fingerprint density at radius 3 is 2.55 bits per heavy atom. The van der Waals surface area contributed by atoms with Crippen LogP contribution in [0.15, 0.2) is 52.3 Å². The highest BCUT2D eigenvalue weighted by Crippen LogP contribution is 2.34. The van der Waals surface area contributed by atoms with Gasteiger partial charge in [0.2, 0.25) is 0 Å². The van der Waals surface area contributed by atoms with Gasteiger partial charge in [0.25, 0.3) is 0 Å². The average Bonchev–Trinajstić information content (AvgIpc) is 2.43. The molecule has 2 aromatic carbocycles. The lowest BCUT2D eigenvalue weighted by molar-refractivity contribution is 0.0526. The van der Waals surface area contributed by atoms with Gasteiger partial charge in [-0.2, -0.15) is 0 Å². The van der Waals surface area contributed by atoms with Crippen molar-refractivity contribution in [3.63, 3.8) is 0 Å². The van der Waals surface area contributed by atoms with Crippen LogP contribution in [0.3, 0.4) is 0 Å². The van der Waals surface area contributed by atoms with Crippen LogP contribution < -0.4 is 5.73 Å². The van der Waals surface area contributed by atoms with Gasteiger partial charge in [-0.05, 0) is 49.4 Å². The smallest absolute Gasteiger partial charge is 0.338 e. The fraction of sp³-hybridized carbons (Fsp3) is 0.133. The quantitative estimate of drug-likeness (QED) is 0.677. The molecule has 104 valence electrons. The number of halogens is 1. The third-order valence-electron chi connectivity index (χ3n) is 2.55. The Morgan fingerprint density at radius 2 is 1.95 bits per heavy atom. The molecule has 0 heterocycles. The maximum Gasteiger partial charge on any atom is 0.338 e. The Balaban J connectivity index is 2.12. The van der Waals surface area contributed by atoms with Crippen molar-refractivity contribution in [3.8, 4) is 0 Å². The molecule has 0 aliphatic carbocycles. The van der Waals surface area contributed by atoms with Crippen molar-refractivity contribution in [3.05, 3.63) is 53.1 Å². The molecule has 5 heteroatoms. The van der Waals surface area contributed by atoms with Crippen molar-refractivity contribution in [1.29, 1.82) is 0 Å². The van der Waals surface area contributed by atoms with E-state index in [-0.39, 0.29) is 5.97 Å². The number of carbonyl (C=O) groups is 1. The molecular formula is C15H14ClNO2S. The molecule has 20 heavy (non-hydrogen) atoms. The van der Waals surface area contributed by atoms with Gasteiger partial charge in [-0.1, -0.05) is 23.4 Å². The predicted molar refractivity (Wildman–Crippen MR) is 82.4 cm³/mol. The third-order valence-corrected chi connectivity index (χ3v) is 4.06. The van der Waals surface area contributed by atoms with Gasteiger partial charge in [0, 0.05) is 15.5 Å². The highest BCUT2D eigenvalue weighted by Gasteiger charge is 2.07. The first-order valence-electron chi connectivity index (χ1n) is 6.10. The topological polar surface area (TPSA) is 52.3 Å². The average molecular weight is 308 g/mol. The summed E-state index contributed by atoms with van der Waals surface area (Å²) in [6.07, 6.45) is 0. The Labute approximate surface area is 127 Å². The molecule has 0 radical (unpaired) electrons. The Hall–Kier alpha value is -1.65. The molecule has 3 nitrogen and oxygen atoms in total. The zero-order chi connectivity index (χ0) is 14.5. The van der Waals surface area contributed by atoms with E-state index in [4.69, 9.17) is 22.1 Å². The van der Waals surface area contributed by atoms with Crippen molar-refractivity contribution in [2.24, 2.45) is 0 Å². The van der Waals surface area contributed by atoms with Crippen LogP contribution in [0.4, 0.5) is 5.69 Å². The second-order valence-corrected chi connectivity index (χ2v) is 5.56. The van der Waals surface area contributed by atoms with Crippen molar-refractivity contribution in [2.45, 2.75) is 16.7 Å². The van der Waals surface area contributed by atoms with Gasteiger partial charge in [-0.15, -0.1) is 0 Å². The highest BCUT2D eigenvalue weighted by molar-refractivity contribution is 7.99. The summed E-state index contributed by atoms with van der Waals surface area (Å²) in [6, 6.07) is 12.6. The Morgan fingerprint density at radius 1 is 1.25 bits per heavy atom. The van der Waals surface area contributed by atoms with Crippen LogP contribution in [0.5, 0.6) is 0 Å². The number of esters is 1. The van der Waals surface area contributed by atoms with Gasteiger partial charge in [0.15, 0.2) is 0 Å². The number of nitrogen functional groups attached to an aromatic ring is 1. The molecular weight excluding hydrogens is 294 g/mol. The summed E-state index contributed by atoms with van der Waals surface area (Å²) in [5, 5.41) is 0.615. The summed E-state index contributed by atoms with van der Waals surface area (Å²) in [5.74, 6) is -0.311. The number of benzene rings is 2. The van der Waals surface area contributed by atoms with E-state index in [0.717, 1.165) is 9.79 Å². The van der Waals surface area contributed by atoms with Gasteiger partial charge in [-0.25, -0.2) is 4.79 Å². The first kappa shape index (κ1) is 14.8. The summed E-state index contributed by atoms with van der Waals surface area (Å²) in [7, 11) is 0. The molecule has 2 aromatic rings. The molecule has 0 bridgehead atoms. The van der Waals surface area contributed by atoms with Crippen LogP contribution in [0.2, 0.25) is 5.02 Å². The highest BCUT2D eigenvalue weighted by atomic mass is 35.5. The number of anilines is 1. The van der Waals surface area contributed by atoms with Crippen LogP contribution >= 0.6 is 23.4 Å². The number of hydrogen-bond donors (Lipinski definition) is 1. The molecule has 0 atom stereocenters. The summed E-state index contributed by atoms with van der Waals surface area (Å²) in [4.78, 5) is 13.5. The number of carbonyl (C=O) groups excluding carboxylic acids is 1. The predicted octanol–water partition coefficient (Wildman–Crippen LogP) is 4.25. The molecule has 0 spiro atoms. The Kier molecular flexibility index (Phi) is 4.93. The molecule has 2 N–H and O–H groups in total. The van der Waals surface area contributed by atoms with Gasteiger partial charge < -0.3 is 10.5 Å². The molecule has 2 rings (SSSR count). The van der Waals surface area contributed by atoms with Crippen molar-refractivity contribution < 1.29 is 9.53 Å². The molecule has 0 aromatic heterocycles. The van der Waals surface area contributed by atoms with E-state index >= 15 is 0 Å². The first-order chi connectivity index (χ1) is 9.60. The molecule has 0 aliphatic rings. The number of ether oxygens (including phenoxy) is 1. The molecule has 0 aliphatic heterocycles. The third kappa shape index (κ3) is 3.68. The van der Waals surface area contributed by atoms with E-state index < -0.39 is 0 Å². The summed E-state index contributed by atoms with van der Waals surface area (Å²) < 4.78 is 4.94. The van der Waals surface area contributed by atoms with Gasteiger partial charge in [-0.3, -0.25) is 0 Å². The molecule has 0 saturated heterocycles. The van der Waals surface area contributed by atoms with Crippen LogP contribution in [0.1, 0.15) is 17.3 Å². The van der Waals surface area contributed by atoms with E-state index in [2.05, 4.69) is 0 Å². The van der Waals surface area contributed by atoms with Crippen molar-refractivity contribution >= 4 is 35.0 Å². The van der Waals surface area contributed by atoms with Gasteiger partial charge in [0.05, 0.1) is 17.2 Å². The van der Waals surface area contributed by atoms with Crippen LogP contribution in [0, 0.1) is 0 Å². The monoisotopic (exact) mass is 307 g/mol. The van der Waals surface area contributed by atoms with Crippen LogP contribution in [-0.2, 0) is 4.74 Å². The first-order valence-corrected chi connectivity index (χ1v) is 7.29.